The number of aromatic nitrogens is 1. The van der Waals surface area contributed by atoms with Crippen molar-refractivity contribution in [1.82, 2.24) is 4.57 Å². The van der Waals surface area contributed by atoms with Crippen molar-refractivity contribution in [3.63, 3.8) is 0 Å². The summed E-state index contributed by atoms with van der Waals surface area (Å²) in [5, 5.41) is 10.7. The minimum atomic E-state index is -1.04. The van der Waals surface area contributed by atoms with E-state index < -0.39 is 17.6 Å². The minimum Gasteiger partial charge on any atom is -0.480 e. The second-order valence-electron chi connectivity index (χ2n) is 4.14. The van der Waals surface area contributed by atoms with Gasteiger partial charge in [-0.3, -0.25) is 4.79 Å². The summed E-state index contributed by atoms with van der Waals surface area (Å²) in [7, 11) is 0. The number of fused-ring (bicyclic) bond motifs is 1. The van der Waals surface area contributed by atoms with Crippen LogP contribution in [0.1, 0.15) is 19.4 Å². The number of carbonyl (C=O) groups is 1. The van der Waals surface area contributed by atoms with Crippen LogP contribution in [0.15, 0.2) is 29.2 Å². The van der Waals surface area contributed by atoms with Crippen molar-refractivity contribution in [2.24, 2.45) is 0 Å². The van der Waals surface area contributed by atoms with Crippen LogP contribution in [0.5, 0.6) is 0 Å². The maximum Gasteiger partial charge on any atom is 0.326 e. The molecule has 2 rings (SSSR count). The van der Waals surface area contributed by atoms with Gasteiger partial charge in [0.1, 0.15) is 6.04 Å². The van der Waals surface area contributed by atoms with E-state index in [0.717, 1.165) is 0 Å². The molecule has 100 valence electrons. The fraction of sp³-hybridized carbons (Fsp3) is 0.231. The lowest BCUT2D eigenvalue weighted by Crippen LogP contribution is -2.29. The van der Waals surface area contributed by atoms with Crippen molar-refractivity contribution in [3.8, 4) is 0 Å². The molecule has 2 aromatic rings. The Hall–Kier alpha value is -1.52. The molecule has 0 fully saturated rings. The van der Waals surface area contributed by atoms with Gasteiger partial charge in [-0.05, 0) is 24.6 Å². The van der Waals surface area contributed by atoms with Gasteiger partial charge in [-0.25, -0.2) is 4.79 Å². The van der Waals surface area contributed by atoms with Gasteiger partial charge in [-0.1, -0.05) is 30.1 Å². The van der Waals surface area contributed by atoms with E-state index in [-0.39, 0.29) is 0 Å². The number of aliphatic carboxylic acids is 1. The molecular weight excluding hydrogens is 289 g/mol. The van der Waals surface area contributed by atoms with Crippen LogP contribution in [-0.2, 0) is 4.79 Å². The van der Waals surface area contributed by atoms with Crippen molar-refractivity contribution >= 4 is 39.9 Å². The van der Waals surface area contributed by atoms with Gasteiger partial charge >= 0.3 is 5.97 Å². The van der Waals surface area contributed by atoms with Crippen molar-refractivity contribution in [1.29, 1.82) is 0 Å². The average Bonchev–Trinajstić information content (AvgIpc) is 2.33. The molecular formula is C13H11Cl2NO3. The maximum atomic E-state index is 12.3. The number of carboxylic acids is 1. The lowest BCUT2D eigenvalue weighted by Gasteiger charge is -2.14. The molecule has 0 amide bonds. The van der Waals surface area contributed by atoms with Gasteiger partial charge in [0.05, 0.1) is 10.4 Å². The number of pyridine rings is 1. The number of halogens is 2. The highest BCUT2D eigenvalue weighted by Gasteiger charge is 2.19. The van der Waals surface area contributed by atoms with Gasteiger partial charge < -0.3 is 9.67 Å². The molecule has 1 aromatic carbocycles. The normalized spacial score (nSPS) is 12.6. The first-order valence-corrected chi connectivity index (χ1v) is 6.44. The van der Waals surface area contributed by atoms with Crippen molar-refractivity contribution < 1.29 is 9.90 Å². The number of rotatable bonds is 3. The Morgan fingerprint density at radius 2 is 2.05 bits per heavy atom. The number of benzene rings is 1. The Kier molecular flexibility index (Phi) is 3.83. The highest BCUT2D eigenvalue weighted by Crippen LogP contribution is 2.26. The van der Waals surface area contributed by atoms with E-state index in [1.807, 2.05) is 0 Å². The summed E-state index contributed by atoms with van der Waals surface area (Å²) in [5.41, 5.74) is -0.406. The van der Waals surface area contributed by atoms with Gasteiger partial charge in [-0.2, -0.15) is 0 Å². The quantitative estimate of drug-likeness (QED) is 0.945. The lowest BCUT2D eigenvalue weighted by atomic mass is 10.1. The van der Waals surface area contributed by atoms with Gasteiger partial charge in [0.25, 0.3) is 5.56 Å². The maximum absolute atomic E-state index is 12.3. The topological polar surface area (TPSA) is 59.3 Å². The van der Waals surface area contributed by atoms with Gasteiger partial charge in [0.15, 0.2) is 0 Å². The number of hydrogen-bond donors (Lipinski definition) is 1. The van der Waals surface area contributed by atoms with Crippen LogP contribution in [0.4, 0.5) is 0 Å². The van der Waals surface area contributed by atoms with Crippen molar-refractivity contribution in [3.05, 3.63) is 44.8 Å². The van der Waals surface area contributed by atoms with Crippen LogP contribution in [0.3, 0.4) is 0 Å². The van der Waals surface area contributed by atoms with Crippen LogP contribution < -0.4 is 5.56 Å². The van der Waals surface area contributed by atoms with E-state index in [1.54, 1.807) is 19.1 Å². The number of carboxylic acid groups (broad SMARTS) is 1. The monoisotopic (exact) mass is 299 g/mol. The van der Waals surface area contributed by atoms with Crippen LogP contribution in [0.25, 0.3) is 10.8 Å². The third kappa shape index (κ3) is 2.46. The Balaban J connectivity index is 2.77. The Labute approximate surface area is 119 Å². The van der Waals surface area contributed by atoms with Crippen LogP contribution in [0.2, 0.25) is 10.0 Å². The second kappa shape index (κ2) is 5.23. The average molecular weight is 300 g/mol. The molecule has 1 aromatic heterocycles. The molecule has 0 aliphatic rings. The highest BCUT2D eigenvalue weighted by molar-refractivity contribution is 6.38. The molecule has 1 N–H and O–H groups in total. The zero-order valence-electron chi connectivity index (χ0n) is 10.1. The zero-order valence-corrected chi connectivity index (χ0v) is 11.6. The molecule has 0 spiro atoms. The van der Waals surface area contributed by atoms with Crippen LogP contribution in [0, 0.1) is 0 Å². The highest BCUT2D eigenvalue weighted by atomic mass is 35.5. The molecule has 4 nitrogen and oxygen atoms in total. The molecule has 0 radical (unpaired) electrons. The van der Waals surface area contributed by atoms with E-state index >= 15 is 0 Å². The fourth-order valence-corrected chi connectivity index (χ4v) is 2.58. The smallest absolute Gasteiger partial charge is 0.326 e. The summed E-state index contributed by atoms with van der Waals surface area (Å²) in [6.45, 7) is 1.71. The van der Waals surface area contributed by atoms with Gasteiger partial charge in [0, 0.05) is 16.6 Å². The Morgan fingerprint density at radius 1 is 1.37 bits per heavy atom. The van der Waals surface area contributed by atoms with Crippen molar-refractivity contribution in [2.75, 3.05) is 0 Å². The molecule has 1 atom stereocenters. The van der Waals surface area contributed by atoms with Gasteiger partial charge in [-0.15, -0.1) is 0 Å². The molecule has 1 heterocycles. The summed E-state index contributed by atoms with van der Waals surface area (Å²) in [4.78, 5) is 23.5. The SMILES string of the molecule is CCC(C(=O)O)n1ccc2c(Cl)cc(Cl)cc2c1=O. The molecule has 0 saturated heterocycles. The van der Waals surface area contributed by atoms with E-state index in [0.29, 0.717) is 27.2 Å². The van der Waals surface area contributed by atoms with Crippen LogP contribution >= 0.6 is 23.2 Å². The summed E-state index contributed by atoms with van der Waals surface area (Å²) in [6, 6.07) is 3.77. The molecule has 0 aliphatic heterocycles. The molecule has 0 bridgehead atoms. The summed E-state index contributed by atoms with van der Waals surface area (Å²) >= 11 is 11.9. The predicted molar refractivity (Wildman–Crippen MR) is 75.2 cm³/mol. The fourth-order valence-electron chi connectivity index (χ4n) is 2.03. The minimum absolute atomic E-state index is 0.315. The number of hydrogen-bond acceptors (Lipinski definition) is 2. The first-order valence-electron chi connectivity index (χ1n) is 5.68. The predicted octanol–water partition coefficient (Wildman–Crippen LogP) is 3.34. The Morgan fingerprint density at radius 3 is 2.63 bits per heavy atom. The molecule has 0 saturated carbocycles. The zero-order chi connectivity index (χ0) is 14.2. The lowest BCUT2D eigenvalue weighted by molar-refractivity contribution is -0.141. The van der Waals surface area contributed by atoms with E-state index in [2.05, 4.69) is 0 Å². The summed E-state index contributed by atoms with van der Waals surface area (Å²) in [5.74, 6) is -1.04. The third-order valence-electron chi connectivity index (χ3n) is 2.97. The van der Waals surface area contributed by atoms with E-state index in [9.17, 15) is 9.59 Å². The van der Waals surface area contributed by atoms with Crippen LogP contribution in [-0.4, -0.2) is 15.6 Å². The first kappa shape index (κ1) is 13.9. The van der Waals surface area contributed by atoms with Gasteiger partial charge in [0.2, 0.25) is 0 Å². The summed E-state index contributed by atoms with van der Waals surface area (Å²) in [6.07, 6.45) is 1.77. The molecule has 1 unspecified atom stereocenters. The first-order chi connectivity index (χ1) is 8.95. The number of nitrogens with zero attached hydrogens (tertiary/aromatic N) is 1. The summed E-state index contributed by atoms with van der Waals surface area (Å²) < 4.78 is 1.19. The third-order valence-corrected chi connectivity index (χ3v) is 3.50. The van der Waals surface area contributed by atoms with E-state index in [1.165, 1.54) is 16.8 Å². The second-order valence-corrected chi connectivity index (χ2v) is 4.98. The Bertz CT molecular complexity index is 709. The molecule has 19 heavy (non-hydrogen) atoms. The standard InChI is InChI=1S/C13H11Cl2NO3/c1-2-11(13(18)19)16-4-3-8-9(12(16)17)5-7(14)6-10(8)15/h3-6,11H,2H2,1H3,(H,18,19). The largest absolute Gasteiger partial charge is 0.480 e. The molecule has 6 heteroatoms. The van der Waals surface area contributed by atoms with E-state index in [4.69, 9.17) is 28.3 Å². The van der Waals surface area contributed by atoms with Crippen molar-refractivity contribution in [2.45, 2.75) is 19.4 Å². The molecule has 0 aliphatic carbocycles.